The van der Waals surface area contributed by atoms with Gasteiger partial charge in [0.15, 0.2) is 0 Å². The van der Waals surface area contributed by atoms with E-state index in [1.165, 1.54) is 45.2 Å². The molecule has 5 rings (SSSR count). The van der Waals surface area contributed by atoms with Crippen LogP contribution in [0.15, 0.2) is 42.5 Å². The van der Waals surface area contributed by atoms with Crippen LogP contribution in [-0.2, 0) is 12.8 Å². The van der Waals surface area contributed by atoms with Crippen molar-refractivity contribution in [3.8, 4) is 0 Å². The van der Waals surface area contributed by atoms with Gasteiger partial charge in [-0.05, 0) is 60.0 Å². The highest BCUT2D eigenvalue weighted by atomic mass is 15.2. The summed E-state index contributed by atoms with van der Waals surface area (Å²) in [5, 5.41) is 0. The minimum Gasteiger partial charge on any atom is -0.295 e. The van der Waals surface area contributed by atoms with Crippen molar-refractivity contribution in [2.75, 3.05) is 13.1 Å². The van der Waals surface area contributed by atoms with Crippen molar-refractivity contribution in [1.29, 1.82) is 0 Å². The Bertz CT molecular complexity index is 718. The first-order chi connectivity index (χ1) is 10.9. The molecule has 1 saturated heterocycles. The summed E-state index contributed by atoms with van der Waals surface area (Å²) in [5.41, 5.74) is 8.12. The molecular weight excluding hydrogens is 266 g/mol. The lowest BCUT2D eigenvalue weighted by molar-refractivity contribution is 0.130. The van der Waals surface area contributed by atoms with Gasteiger partial charge in [0, 0.05) is 18.5 Å². The van der Waals surface area contributed by atoms with Crippen molar-refractivity contribution in [2.24, 2.45) is 0 Å². The fraction of sp³-hybridized carbons (Fsp3) is 0.429. The summed E-state index contributed by atoms with van der Waals surface area (Å²) in [6.07, 6.45) is 6.54. The molecule has 2 aromatic carbocycles. The highest BCUT2D eigenvalue weighted by Gasteiger charge is 2.37. The molecule has 0 radical (unpaired) electrons. The Kier molecular flexibility index (Phi) is 2.91. The Balaban J connectivity index is 1.74. The van der Waals surface area contributed by atoms with Crippen molar-refractivity contribution in [2.45, 2.75) is 44.1 Å². The Morgan fingerprint density at radius 3 is 2.64 bits per heavy atom. The van der Waals surface area contributed by atoms with Crippen LogP contribution in [-0.4, -0.2) is 18.0 Å². The summed E-state index contributed by atoms with van der Waals surface area (Å²) >= 11 is 0. The first-order valence-electron chi connectivity index (χ1n) is 8.85. The summed E-state index contributed by atoms with van der Waals surface area (Å²) in [6.45, 7) is 2.51. The van der Waals surface area contributed by atoms with E-state index in [0.29, 0.717) is 12.0 Å². The molecule has 0 unspecified atom stereocenters. The van der Waals surface area contributed by atoms with E-state index in [4.69, 9.17) is 0 Å². The Morgan fingerprint density at radius 2 is 1.64 bits per heavy atom. The van der Waals surface area contributed by atoms with Crippen molar-refractivity contribution in [3.05, 3.63) is 70.3 Å². The van der Waals surface area contributed by atoms with Crippen LogP contribution in [0.1, 0.15) is 59.0 Å². The molecule has 1 heteroatoms. The van der Waals surface area contributed by atoms with Gasteiger partial charge in [0.05, 0.1) is 0 Å². The normalized spacial score (nSPS) is 26.5. The van der Waals surface area contributed by atoms with Gasteiger partial charge in [-0.2, -0.15) is 0 Å². The van der Waals surface area contributed by atoms with Crippen molar-refractivity contribution < 1.29 is 0 Å². The van der Waals surface area contributed by atoms with E-state index < -0.39 is 0 Å². The number of piperidine rings is 1. The number of benzene rings is 2. The van der Waals surface area contributed by atoms with Gasteiger partial charge in [-0.1, -0.05) is 48.9 Å². The molecule has 112 valence electrons. The molecule has 22 heavy (non-hydrogen) atoms. The molecular formula is C21H23N. The Labute approximate surface area is 133 Å². The molecule has 2 aliphatic heterocycles. The molecule has 1 fully saturated rings. The largest absolute Gasteiger partial charge is 0.295 e. The summed E-state index contributed by atoms with van der Waals surface area (Å²) in [6, 6.07) is 17.0. The fourth-order valence-electron chi connectivity index (χ4n) is 5.08. The van der Waals surface area contributed by atoms with E-state index in [2.05, 4.69) is 47.4 Å². The molecule has 2 heterocycles. The van der Waals surface area contributed by atoms with Gasteiger partial charge in [0.2, 0.25) is 0 Å². The quantitative estimate of drug-likeness (QED) is 0.692. The maximum atomic E-state index is 2.77. The van der Waals surface area contributed by atoms with Crippen LogP contribution >= 0.6 is 0 Å². The lowest BCUT2D eigenvalue weighted by Gasteiger charge is -2.44. The molecule has 2 atom stereocenters. The molecule has 0 spiro atoms. The van der Waals surface area contributed by atoms with E-state index in [-0.39, 0.29) is 0 Å². The summed E-state index contributed by atoms with van der Waals surface area (Å²) in [4.78, 5) is 2.77. The average Bonchev–Trinajstić information content (AvgIpc) is 2.74. The molecule has 1 nitrogen and oxygen atoms in total. The monoisotopic (exact) mass is 289 g/mol. The second-order valence-electron chi connectivity index (χ2n) is 7.18. The fourth-order valence-corrected chi connectivity index (χ4v) is 5.08. The standard InChI is InChI=1S/C21H23N/c1-2-8-17-15(6-1)11-12-16-7-5-9-18-20-10-3-4-13-22(20)14-19(17)21(16)18/h1-2,5-9,19-20H,3-4,10-14H2/t19-,20+/m1/s1. The number of rotatable bonds is 0. The molecule has 0 saturated carbocycles. The second-order valence-corrected chi connectivity index (χ2v) is 7.18. The number of aryl methyl sites for hydroxylation is 2. The van der Waals surface area contributed by atoms with Crippen LogP contribution in [0.2, 0.25) is 0 Å². The molecule has 0 amide bonds. The second kappa shape index (κ2) is 4.96. The van der Waals surface area contributed by atoms with Crippen LogP contribution in [0.4, 0.5) is 0 Å². The molecule has 3 aliphatic rings. The van der Waals surface area contributed by atoms with Crippen LogP contribution in [0.25, 0.3) is 0 Å². The average molecular weight is 289 g/mol. The van der Waals surface area contributed by atoms with Gasteiger partial charge in [-0.25, -0.2) is 0 Å². The van der Waals surface area contributed by atoms with Gasteiger partial charge in [-0.3, -0.25) is 4.90 Å². The minimum absolute atomic E-state index is 0.597. The van der Waals surface area contributed by atoms with E-state index in [1.807, 2.05) is 0 Å². The van der Waals surface area contributed by atoms with Gasteiger partial charge in [0.1, 0.15) is 0 Å². The zero-order chi connectivity index (χ0) is 14.5. The zero-order valence-electron chi connectivity index (χ0n) is 13.1. The lowest BCUT2D eigenvalue weighted by Crippen LogP contribution is -2.41. The third-order valence-electron chi connectivity index (χ3n) is 6.06. The number of nitrogens with zero attached hydrogens (tertiary/aromatic N) is 1. The van der Waals surface area contributed by atoms with Crippen molar-refractivity contribution in [1.82, 2.24) is 4.90 Å². The molecule has 0 N–H and O–H groups in total. The molecule has 1 aliphatic carbocycles. The number of hydrogen-bond donors (Lipinski definition) is 0. The summed E-state index contributed by atoms with van der Waals surface area (Å²) in [7, 11) is 0. The first kappa shape index (κ1) is 12.9. The third-order valence-corrected chi connectivity index (χ3v) is 6.06. The summed E-state index contributed by atoms with van der Waals surface area (Å²) in [5.74, 6) is 0.597. The van der Waals surface area contributed by atoms with Crippen LogP contribution in [0.3, 0.4) is 0 Å². The van der Waals surface area contributed by atoms with E-state index in [0.717, 1.165) is 0 Å². The third kappa shape index (κ3) is 1.82. The molecule has 0 aromatic heterocycles. The van der Waals surface area contributed by atoms with E-state index in [9.17, 15) is 0 Å². The van der Waals surface area contributed by atoms with Gasteiger partial charge in [-0.15, -0.1) is 0 Å². The van der Waals surface area contributed by atoms with Gasteiger partial charge in [0.25, 0.3) is 0 Å². The lowest BCUT2D eigenvalue weighted by atomic mass is 9.77. The topological polar surface area (TPSA) is 3.24 Å². The Morgan fingerprint density at radius 1 is 0.818 bits per heavy atom. The van der Waals surface area contributed by atoms with Gasteiger partial charge >= 0.3 is 0 Å². The number of fused-ring (bicyclic) bond motifs is 4. The van der Waals surface area contributed by atoms with Crippen LogP contribution in [0.5, 0.6) is 0 Å². The highest BCUT2D eigenvalue weighted by Crippen LogP contribution is 2.46. The van der Waals surface area contributed by atoms with Crippen molar-refractivity contribution >= 4 is 0 Å². The van der Waals surface area contributed by atoms with Crippen molar-refractivity contribution in [3.63, 3.8) is 0 Å². The maximum Gasteiger partial charge on any atom is 0.0351 e. The van der Waals surface area contributed by atoms with E-state index in [1.54, 1.807) is 27.8 Å². The first-order valence-corrected chi connectivity index (χ1v) is 8.85. The predicted octanol–water partition coefficient (Wildman–Crippen LogP) is 4.46. The number of hydrogen-bond acceptors (Lipinski definition) is 1. The molecule has 2 aromatic rings. The van der Waals surface area contributed by atoms with Gasteiger partial charge < -0.3 is 0 Å². The zero-order valence-corrected chi connectivity index (χ0v) is 13.1. The molecule has 0 bridgehead atoms. The van der Waals surface area contributed by atoms with E-state index >= 15 is 0 Å². The van der Waals surface area contributed by atoms with Crippen LogP contribution < -0.4 is 0 Å². The predicted molar refractivity (Wildman–Crippen MR) is 90.3 cm³/mol. The SMILES string of the molecule is c1ccc2c(c1)CCc1cccc3c1[C@@H]2CN1CCCC[C@@H]31. The minimum atomic E-state index is 0.597. The maximum absolute atomic E-state index is 2.77. The van der Waals surface area contributed by atoms with Crippen LogP contribution in [0, 0.1) is 0 Å². The summed E-state index contributed by atoms with van der Waals surface area (Å²) < 4.78 is 0. The smallest absolute Gasteiger partial charge is 0.0351 e. The highest BCUT2D eigenvalue weighted by molar-refractivity contribution is 5.51. The Hall–Kier alpha value is -1.60.